The molecule has 1 aliphatic rings. The highest BCUT2D eigenvalue weighted by Crippen LogP contribution is 2.32. The molecule has 1 aromatic heterocycles. The van der Waals surface area contributed by atoms with Crippen LogP contribution in [0.15, 0.2) is 59.1 Å². The van der Waals surface area contributed by atoms with E-state index in [0.29, 0.717) is 23.3 Å². The number of carbonyl (C=O) groups excluding carboxylic acids is 1. The Labute approximate surface area is 172 Å². The smallest absolute Gasteiger partial charge is 0.351 e. The van der Waals surface area contributed by atoms with E-state index in [2.05, 4.69) is 15.3 Å². The van der Waals surface area contributed by atoms with Gasteiger partial charge in [0.25, 0.3) is 0 Å². The summed E-state index contributed by atoms with van der Waals surface area (Å²) in [5.41, 5.74) is 2.82. The molecule has 0 fully saturated rings. The van der Waals surface area contributed by atoms with Crippen LogP contribution in [0.1, 0.15) is 30.9 Å². The first-order valence-electron chi connectivity index (χ1n) is 9.34. The molecule has 0 radical (unpaired) electrons. The van der Waals surface area contributed by atoms with E-state index in [1.165, 1.54) is 11.3 Å². The number of thiazole rings is 1. The van der Waals surface area contributed by atoms with Crippen LogP contribution in [0.4, 0.5) is 5.13 Å². The van der Waals surface area contributed by atoms with Crippen molar-refractivity contribution >= 4 is 44.2 Å². The third-order valence-electron chi connectivity index (χ3n) is 4.48. The normalized spacial score (nSPS) is 15.7. The molecule has 29 heavy (non-hydrogen) atoms. The monoisotopic (exact) mass is 402 g/mol. The zero-order valence-electron chi connectivity index (χ0n) is 15.8. The van der Waals surface area contributed by atoms with Crippen molar-refractivity contribution in [3.05, 3.63) is 65.2 Å². The predicted octanol–water partition coefficient (Wildman–Crippen LogP) is 4.56. The molecule has 0 spiro atoms. The first kappa shape index (κ1) is 18.8. The highest BCUT2D eigenvalue weighted by atomic mass is 32.1. The van der Waals surface area contributed by atoms with Gasteiger partial charge in [-0.3, -0.25) is 0 Å². The zero-order chi connectivity index (χ0) is 20.2. The number of aromatic nitrogens is 1. The maximum atomic E-state index is 12.4. The Hall–Kier alpha value is -3.50. The molecule has 3 aromatic rings. The number of nitrogens with zero attached hydrogens (tertiary/aromatic N) is 3. The van der Waals surface area contributed by atoms with Gasteiger partial charge in [-0.15, -0.1) is 0 Å². The lowest BCUT2D eigenvalue weighted by molar-refractivity contribution is -0.138. The summed E-state index contributed by atoms with van der Waals surface area (Å²) >= 11 is 1.48. The minimum absolute atomic E-state index is 0.0527. The minimum Gasteiger partial charge on any atom is -0.462 e. The van der Waals surface area contributed by atoms with Crippen molar-refractivity contribution in [3.63, 3.8) is 0 Å². The fraction of sp³-hybridized carbons (Fsp3) is 0.182. The molecule has 6 nitrogen and oxygen atoms in total. The quantitative estimate of drug-likeness (QED) is 0.293. The Morgan fingerprint density at radius 3 is 2.72 bits per heavy atom. The van der Waals surface area contributed by atoms with Crippen LogP contribution in [-0.4, -0.2) is 23.4 Å². The second-order valence-electron chi connectivity index (χ2n) is 6.45. The fourth-order valence-electron chi connectivity index (χ4n) is 3.03. The number of hydrogen-bond acceptors (Lipinski definition) is 6. The van der Waals surface area contributed by atoms with E-state index in [4.69, 9.17) is 4.74 Å². The average molecular weight is 402 g/mol. The number of carbonyl (C=O) groups is 1. The van der Waals surface area contributed by atoms with E-state index in [-0.39, 0.29) is 5.57 Å². The molecule has 1 aliphatic heterocycles. The van der Waals surface area contributed by atoms with Gasteiger partial charge in [-0.1, -0.05) is 61.1 Å². The average Bonchev–Trinajstić information content (AvgIpc) is 3.31. The van der Waals surface area contributed by atoms with Crippen molar-refractivity contribution in [2.75, 3.05) is 6.61 Å². The van der Waals surface area contributed by atoms with E-state index in [1.54, 1.807) is 0 Å². The molecule has 0 aliphatic carbocycles. The lowest BCUT2D eigenvalue weighted by Gasteiger charge is -2.06. The Morgan fingerprint density at radius 2 is 1.97 bits per heavy atom. The van der Waals surface area contributed by atoms with Gasteiger partial charge in [0.1, 0.15) is 11.9 Å². The second-order valence-corrected chi connectivity index (χ2v) is 7.46. The van der Waals surface area contributed by atoms with E-state index in [1.807, 2.05) is 61.5 Å². The second kappa shape index (κ2) is 8.25. The maximum Gasteiger partial charge on any atom is 0.351 e. The number of nitrogens with one attached hydrogen (secondary N) is 1. The largest absolute Gasteiger partial charge is 0.462 e. The number of fused-ring (bicyclic) bond motifs is 2. The van der Waals surface area contributed by atoms with Gasteiger partial charge in [-0.05, 0) is 18.6 Å². The van der Waals surface area contributed by atoms with E-state index >= 15 is 0 Å². The van der Waals surface area contributed by atoms with Gasteiger partial charge < -0.3 is 10.1 Å². The van der Waals surface area contributed by atoms with Crippen molar-refractivity contribution in [2.45, 2.75) is 19.8 Å². The van der Waals surface area contributed by atoms with Gasteiger partial charge in [-0.2, -0.15) is 5.26 Å². The number of esters is 1. The number of unbranched alkanes of at least 4 members (excludes halogenated alkanes) is 1. The minimum atomic E-state index is -0.625. The number of aliphatic imine (C=N–C) groups is 1. The van der Waals surface area contributed by atoms with E-state index < -0.39 is 5.97 Å². The summed E-state index contributed by atoms with van der Waals surface area (Å²) in [6.07, 6.45) is 1.67. The summed E-state index contributed by atoms with van der Waals surface area (Å²) in [4.78, 5) is 21.6. The molecule has 0 amide bonds. The summed E-state index contributed by atoms with van der Waals surface area (Å²) in [5.74, 6) is -0.0664. The van der Waals surface area contributed by atoms with Crippen LogP contribution < -0.4 is 5.32 Å². The van der Waals surface area contributed by atoms with Crippen LogP contribution in [0.2, 0.25) is 0 Å². The van der Waals surface area contributed by atoms with E-state index in [0.717, 1.165) is 34.2 Å². The third-order valence-corrected chi connectivity index (χ3v) is 5.41. The molecule has 0 bridgehead atoms. The number of benzene rings is 2. The molecule has 0 saturated heterocycles. The summed E-state index contributed by atoms with van der Waals surface area (Å²) in [6.45, 7) is 2.30. The van der Waals surface area contributed by atoms with Crippen molar-refractivity contribution < 1.29 is 9.53 Å². The first-order chi connectivity index (χ1) is 14.2. The van der Waals surface area contributed by atoms with Crippen molar-refractivity contribution in [2.24, 2.45) is 4.99 Å². The highest BCUT2D eigenvalue weighted by Gasteiger charge is 2.28. The predicted molar refractivity (Wildman–Crippen MR) is 114 cm³/mol. The topological polar surface area (TPSA) is 87.4 Å². The molecule has 7 heteroatoms. The molecule has 0 unspecified atom stereocenters. The molecule has 0 atom stereocenters. The number of rotatable bonds is 5. The summed E-state index contributed by atoms with van der Waals surface area (Å²) in [7, 11) is 0. The van der Waals surface area contributed by atoms with Crippen LogP contribution in [0.3, 0.4) is 0 Å². The fourth-order valence-corrected chi connectivity index (χ4v) is 3.88. The van der Waals surface area contributed by atoms with Crippen LogP contribution >= 0.6 is 11.3 Å². The standard InChI is InChI=1S/C22H18N4O2S/c1-2-3-12-28-21(27)16(13-23)19-14-8-4-5-9-15(14)20(25-19)26-22-24-17-10-6-7-11-18(17)29-22/h4-11H,2-3,12H2,1H3,(H,24,25,26)/b19-16-. The van der Waals surface area contributed by atoms with Crippen molar-refractivity contribution in [1.29, 1.82) is 5.26 Å². The van der Waals surface area contributed by atoms with Crippen LogP contribution in [0.25, 0.3) is 15.9 Å². The molecule has 144 valence electrons. The van der Waals surface area contributed by atoms with Crippen LogP contribution in [0.5, 0.6) is 0 Å². The van der Waals surface area contributed by atoms with Gasteiger partial charge in [0.2, 0.25) is 5.13 Å². The number of hydrogen-bond donors (Lipinski definition) is 1. The molecular formula is C22H18N4O2S. The molecule has 2 aromatic carbocycles. The Balaban J connectivity index is 1.73. The third kappa shape index (κ3) is 3.75. The SMILES string of the molecule is CCCCOC(=O)/C(C#N)=C1\NC(=Nc2nc3ccccc3s2)c2ccccc21. The number of para-hydroxylation sites is 1. The number of amidine groups is 1. The maximum absolute atomic E-state index is 12.4. The van der Waals surface area contributed by atoms with Crippen molar-refractivity contribution in [1.82, 2.24) is 10.3 Å². The summed E-state index contributed by atoms with van der Waals surface area (Å²) in [6, 6.07) is 17.3. The summed E-state index contributed by atoms with van der Waals surface area (Å²) < 4.78 is 6.29. The van der Waals surface area contributed by atoms with Crippen LogP contribution in [0, 0.1) is 11.3 Å². The Kier molecular flexibility index (Phi) is 5.36. The van der Waals surface area contributed by atoms with Crippen molar-refractivity contribution in [3.8, 4) is 6.07 Å². The molecule has 4 rings (SSSR count). The summed E-state index contributed by atoms with van der Waals surface area (Å²) in [5, 5.41) is 13.4. The molecular weight excluding hydrogens is 384 g/mol. The first-order valence-corrected chi connectivity index (χ1v) is 10.2. The van der Waals surface area contributed by atoms with E-state index in [9.17, 15) is 10.1 Å². The Bertz CT molecular complexity index is 1150. The molecule has 1 N–H and O–H groups in total. The Morgan fingerprint density at radius 1 is 1.21 bits per heavy atom. The molecule has 0 saturated carbocycles. The van der Waals surface area contributed by atoms with Crippen LogP contribution in [-0.2, 0) is 9.53 Å². The lowest BCUT2D eigenvalue weighted by atomic mass is 10.1. The van der Waals surface area contributed by atoms with Gasteiger partial charge in [0.15, 0.2) is 5.57 Å². The lowest BCUT2D eigenvalue weighted by Crippen LogP contribution is -2.18. The van der Waals surface area contributed by atoms with Gasteiger partial charge in [0, 0.05) is 11.1 Å². The van der Waals surface area contributed by atoms with Gasteiger partial charge >= 0.3 is 5.97 Å². The zero-order valence-corrected chi connectivity index (χ0v) is 16.6. The van der Waals surface area contributed by atoms with Gasteiger partial charge in [-0.25, -0.2) is 14.8 Å². The highest BCUT2D eigenvalue weighted by molar-refractivity contribution is 7.22. The number of ether oxygens (including phenoxy) is 1. The van der Waals surface area contributed by atoms with Gasteiger partial charge in [0.05, 0.1) is 22.5 Å². The molecule has 2 heterocycles. The number of nitriles is 1.